The Bertz CT molecular complexity index is 733. The van der Waals surface area contributed by atoms with E-state index in [1.165, 1.54) is 12.3 Å². The third-order valence-electron chi connectivity index (χ3n) is 3.13. The van der Waals surface area contributed by atoms with Crippen molar-refractivity contribution in [2.75, 3.05) is 0 Å². The molecule has 0 aliphatic rings. The first-order chi connectivity index (χ1) is 10.0. The maximum Gasteiger partial charge on any atom is 0.274 e. The maximum absolute atomic E-state index is 12.0. The highest BCUT2D eigenvalue weighted by Gasteiger charge is 2.13. The minimum absolute atomic E-state index is 0.00639. The normalized spacial score (nSPS) is 9.95. The molecule has 0 unspecified atom stereocenters. The van der Waals surface area contributed by atoms with Gasteiger partial charge >= 0.3 is 0 Å². The molecule has 1 aromatic heterocycles. The van der Waals surface area contributed by atoms with Gasteiger partial charge in [-0.2, -0.15) is 5.26 Å². The highest BCUT2D eigenvalue weighted by molar-refractivity contribution is 5.94. The van der Waals surface area contributed by atoms with Gasteiger partial charge < -0.3 is 10.4 Å². The molecule has 0 aliphatic carbocycles. The Kier molecular flexibility index (Phi) is 4.19. The molecular formula is C16H15N3O2. The summed E-state index contributed by atoms with van der Waals surface area (Å²) in [7, 11) is 0. The van der Waals surface area contributed by atoms with Gasteiger partial charge in [-0.25, -0.2) is 4.98 Å². The third-order valence-corrected chi connectivity index (χ3v) is 3.13. The molecule has 2 aromatic rings. The number of carbonyl (C=O) groups excluding carboxylic acids is 1. The molecule has 2 N–H and O–H groups in total. The summed E-state index contributed by atoms with van der Waals surface area (Å²) < 4.78 is 0. The van der Waals surface area contributed by atoms with Crippen molar-refractivity contribution in [1.29, 1.82) is 5.26 Å². The van der Waals surface area contributed by atoms with Gasteiger partial charge in [-0.15, -0.1) is 0 Å². The number of pyridine rings is 1. The summed E-state index contributed by atoms with van der Waals surface area (Å²) in [6, 6.07) is 8.84. The monoisotopic (exact) mass is 281 g/mol. The molecule has 1 aromatic carbocycles. The van der Waals surface area contributed by atoms with Crippen molar-refractivity contribution < 1.29 is 9.90 Å². The molecule has 0 spiro atoms. The molecule has 5 heteroatoms. The van der Waals surface area contributed by atoms with E-state index in [1.807, 2.05) is 6.92 Å². The summed E-state index contributed by atoms with van der Waals surface area (Å²) in [5, 5.41) is 21.2. The van der Waals surface area contributed by atoms with Crippen LogP contribution >= 0.6 is 0 Å². The van der Waals surface area contributed by atoms with Crippen LogP contribution in [-0.2, 0) is 6.54 Å². The molecule has 106 valence electrons. The first-order valence-electron chi connectivity index (χ1n) is 6.44. The Morgan fingerprint density at radius 3 is 2.76 bits per heavy atom. The van der Waals surface area contributed by atoms with Crippen LogP contribution < -0.4 is 5.32 Å². The van der Waals surface area contributed by atoms with E-state index in [0.717, 1.165) is 16.7 Å². The average molecular weight is 281 g/mol. The number of nitriles is 1. The van der Waals surface area contributed by atoms with Crippen molar-refractivity contribution in [3.05, 3.63) is 58.4 Å². The fraction of sp³-hybridized carbons (Fsp3) is 0.188. The van der Waals surface area contributed by atoms with Crippen LogP contribution in [-0.4, -0.2) is 16.0 Å². The topological polar surface area (TPSA) is 86.0 Å². The van der Waals surface area contributed by atoms with Gasteiger partial charge in [0, 0.05) is 12.7 Å². The molecule has 0 bridgehead atoms. The van der Waals surface area contributed by atoms with Gasteiger partial charge in [0.1, 0.15) is 5.75 Å². The van der Waals surface area contributed by atoms with Crippen LogP contribution in [0.25, 0.3) is 0 Å². The van der Waals surface area contributed by atoms with Crippen molar-refractivity contribution in [3.8, 4) is 11.8 Å². The van der Waals surface area contributed by atoms with Gasteiger partial charge in [-0.05, 0) is 48.7 Å². The zero-order valence-corrected chi connectivity index (χ0v) is 11.8. The van der Waals surface area contributed by atoms with Crippen LogP contribution in [0.1, 0.15) is 32.7 Å². The highest BCUT2D eigenvalue weighted by atomic mass is 16.3. The molecule has 1 amide bonds. The number of aromatic nitrogens is 1. The second-order valence-electron chi connectivity index (χ2n) is 4.82. The number of aryl methyl sites for hydroxylation is 2. The largest absolute Gasteiger partial charge is 0.505 e. The number of carbonyl (C=O) groups is 1. The Balaban J connectivity index is 2.09. The lowest BCUT2D eigenvalue weighted by Gasteiger charge is -2.09. The van der Waals surface area contributed by atoms with Gasteiger partial charge in [0.05, 0.1) is 11.6 Å². The van der Waals surface area contributed by atoms with Crippen LogP contribution in [0.2, 0.25) is 0 Å². The van der Waals surface area contributed by atoms with Crippen LogP contribution in [0, 0.1) is 25.2 Å². The van der Waals surface area contributed by atoms with E-state index < -0.39 is 5.91 Å². The van der Waals surface area contributed by atoms with Crippen molar-refractivity contribution in [2.24, 2.45) is 0 Å². The number of benzene rings is 1. The fourth-order valence-electron chi connectivity index (χ4n) is 1.95. The lowest BCUT2D eigenvalue weighted by Crippen LogP contribution is -2.24. The summed E-state index contributed by atoms with van der Waals surface area (Å²) in [5.74, 6) is -0.569. The standard InChI is InChI=1S/C16H15N3O2/c1-10-5-14(20)15(18-8-10)16(21)19-9-13-4-3-12(7-17)6-11(13)2/h3-6,8,20H,9H2,1-2H3,(H,19,21). The van der Waals surface area contributed by atoms with Crippen LogP contribution in [0.15, 0.2) is 30.5 Å². The summed E-state index contributed by atoms with van der Waals surface area (Å²) in [6.07, 6.45) is 1.53. The van der Waals surface area contributed by atoms with Gasteiger partial charge in [-0.3, -0.25) is 4.79 Å². The van der Waals surface area contributed by atoms with Crippen LogP contribution in [0.3, 0.4) is 0 Å². The summed E-state index contributed by atoms with van der Waals surface area (Å²) in [6.45, 7) is 3.98. The number of amides is 1. The van der Waals surface area contributed by atoms with Gasteiger partial charge in [0.2, 0.25) is 0 Å². The molecule has 0 saturated carbocycles. The number of nitrogens with zero attached hydrogens (tertiary/aromatic N) is 2. The third kappa shape index (κ3) is 3.37. The minimum Gasteiger partial charge on any atom is -0.505 e. The van der Waals surface area contributed by atoms with E-state index in [1.54, 1.807) is 25.1 Å². The van der Waals surface area contributed by atoms with E-state index in [-0.39, 0.29) is 11.4 Å². The van der Waals surface area contributed by atoms with Crippen molar-refractivity contribution in [2.45, 2.75) is 20.4 Å². The maximum atomic E-state index is 12.0. The van der Waals surface area contributed by atoms with Gasteiger partial charge in [0.25, 0.3) is 5.91 Å². The fourth-order valence-corrected chi connectivity index (χ4v) is 1.95. The quantitative estimate of drug-likeness (QED) is 0.903. The molecule has 1 heterocycles. The molecule has 21 heavy (non-hydrogen) atoms. The summed E-state index contributed by atoms with van der Waals surface area (Å²) >= 11 is 0. The minimum atomic E-state index is -0.434. The zero-order chi connectivity index (χ0) is 15.4. The second-order valence-corrected chi connectivity index (χ2v) is 4.82. The van der Waals surface area contributed by atoms with Crippen LogP contribution in [0.5, 0.6) is 5.75 Å². The van der Waals surface area contributed by atoms with E-state index in [9.17, 15) is 9.90 Å². The van der Waals surface area contributed by atoms with Crippen LogP contribution in [0.4, 0.5) is 0 Å². The lowest BCUT2D eigenvalue weighted by molar-refractivity contribution is 0.0943. The van der Waals surface area contributed by atoms with Gasteiger partial charge in [0.15, 0.2) is 5.69 Å². The van der Waals surface area contributed by atoms with E-state index in [4.69, 9.17) is 5.26 Å². The number of aromatic hydroxyl groups is 1. The Morgan fingerprint density at radius 1 is 1.38 bits per heavy atom. The summed E-state index contributed by atoms with van der Waals surface area (Å²) in [4.78, 5) is 15.9. The molecular weight excluding hydrogens is 266 g/mol. The Labute approximate surface area is 122 Å². The number of hydrogen-bond donors (Lipinski definition) is 2. The van der Waals surface area contributed by atoms with Crippen molar-refractivity contribution in [3.63, 3.8) is 0 Å². The molecule has 0 atom stereocenters. The average Bonchev–Trinajstić information content (AvgIpc) is 2.45. The summed E-state index contributed by atoms with van der Waals surface area (Å²) in [5.41, 5.74) is 3.21. The van der Waals surface area contributed by atoms with Crippen molar-refractivity contribution in [1.82, 2.24) is 10.3 Å². The Hall–Kier alpha value is -2.87. The van der Waals surface area contributed by atoms with Gasteiger partial charge in [-0.1, -0.05) is 6.07 Å². The van der Waals surface area contributed by atoms with E-state index in [2.05, 4.69) is 16.4 Å². The first kappa shape index (κ1) is 14.5. The molecule has 0 aliphatic heterocycles. The van der Waals surface area contributed by atoms with E-state index >= 15 is 0 Å². The first-order valence-corrected chi connectivity index (χ1v) is 6.44. The lowest BCUT2D eigenvalue weighted by atomic mass is 10.1. The SMILES string of the molecule is Cc1cnc(C(=O)NCc2ccc(C#N)cc2C)c(O)c1. The molecule has 0 fully saturated rings. The second kappa shape index (κ2) is 6.06. The highest BCUT2D eigenvalue weighted by Crippen LogP contribution is 2.16. The number of nitrogens with one attached hydrogen (secondary N) is 1. The van der Waals surface area contributed by atoms with E-state index in [0.29, 0.717) is 12.1 Å². The molecule has 0 saturated heterocycles. The number of rotatable bonds is 3. The predicted octanol–water partition coefficient (Wildman–Crippen LogP) is 2.21. The smallest absolute Gasteiger partial charge is 0.274 e. The molecule has 2 rings (SSSR count). The van der Waals surface area contributed by atoms with Crippen molar-refractivity contribution >= 4 is 5.91 Å². The number of hydrogen-bond acceptors (Lipinski definition) is 4. The zero-order valence-electron chi connectivity index (χ0n) is 11.8. The predicted molar refractivity (Wildman–Crippen MR) is 77.7 cm³/mol. The Morgan fingerprint density at radius 2 is 2.14 bits per heavy atom. The molecule has 0 radical (unpaired) electrons. The molecule has 5 nitrogen and oxygen atoms in total.